The number of hydrogen-bond donors (Lipinski definition) is 1. The fraction of sp³-hybridized carbons (Fsp3) is 0.778. The van der Waals surface area contributed by atoms with E-state index < -0.39 is 0 Å². The van der Waals surface area contributed by atoms with Gasteiger partial charge in [0.25, 0.3) is 0 Å². The third kappa shape index (κ3) is 2.29. The maximum atomic E-state index is 5.54. The smallest absolute Gasteiger partial charge is 0.146 e. The van der Waals surface area contributed by atoms with Crippen LogP contribution in [0.4, 0.5) is 0 Å². The fourth-order valence-corrected chi connectivity index (χ4v) is 2.49. The van der Waals surface area contributed by atoms with Gasteiger partial charge in [0.2, 0.25) is 0 Å². The molecule has 0 amide bonds. The van der Waals surface area contributed by atoms with Crippen molar-refractivity contribution in [3.63, 3.8) is 0 Å². The highest BCUT2D eigenvalue weighted by Crippen LogP contribution is 2.30. The largest absolute Gasteiger partial charge is 0.371 e. The van der Waals surface area contributed by atoms with Crippen molar-refractivity contribution in [3.05, 3.63) is 10.0 Å². The number of nitrogens with two attached hydrogens (primary N) is 1. The van der Waals surface area contributed by atoms with Crippen molar-refractivity contribution in [1.29, 1.82) is 0 Å². The van der Waals surface area contributed by atoms with Gasteiger partial charge in [0, 0.05) is 13.0 Å². The first-order chi connectivity index (χ1) is 6.90. The summed E-state index contributed by atoms with van der Waals surface area (Å²) in [5.41, 5.74) is 5.44. The molecular formula is C9H15N3OS. The lowest BCUT2D eigenvalue weighted by Crippen LogP contribution is -1.99. The predicted molar refractivity (Wildman–Crippen MR) is 55.2 cm³/mol. The predicted octanol–water partition coefficient (Wildman–Crippen LogP) is 1.28. The van der Waals surface area contributed by atoms with Crippen molar-refractivity contribution in [2.24, 2.45) is 5.73 Å². The van der Waals surface area contributed by atoms with Crippen molar-refractivity contribution in [3.8, 4) is 0 Å². The first kappa shape index (κ1) is 10.0. The Morgan fingerprint density at radius 1 is 1.50 bits per heavy atom. The van der Waals surface area contributed by atoms with Crippen LogP contribution in [0.15, 0.2) is 0 Å². The van der Waals surface area contributed by atoms with Crippen molar-refractivity contribution in [2.75, 3.05) is 13.2 Å². The normalized spacial score (nSPS) is 21.6. The van der Waals surface area contributed by atoms with Crippen LogP contribution in [-0.4, -0.2) is 23.3 Å². The standard InChI is InChI=1S/C9H15N3OS/c10-5-1-4-8-11-12-9(14-8)7-3-2-6-13-7/h7H,1-6,10H2. The van der Waals surface area contributed by atoms with Crippen LogP contribution in [0.25, 0.3) is 0 Å². The summed E-state index contributed by atoms with van der Waals surface area (Å²) in [4.78, 5) is 0. The minimum atomic E-state index is 0.208. The van der Waals surface area contributed by atoms with E-state index in [0.29, 0.717) is 0 Å². The van der Waals surface area contributed by atoms with E-state index in [4.69, 9.17) is 10.5 Å². The molecule has 0 bridgehead atoms. The zero-order valence-electron chi connectivity index (χ0n) is 8.11. The Morgan fingerprint density at radius 2 is 2.43 bits per heavy atom. The second kappa shape index (κ2) is 4.82. The molecule has 1 saturated heterocycles. The zero-order valence-corrected chi connectivity index (χ0v) is 8.92. The number of nitrogens with zero attached hydrogens (tertiary/aromatic N) is 2. The molecule has 0 aliphatic carbocycles. The van der Waals surface area contributed by atoms with Crippen LogP contribution >= 0.6 is 11.3 Å². The van der Waals surface area contributed by atoms with E-state index in [1.807, 2.05) is 0 Å². The number of aryl methyl sites for hydroxylation is 1. The van der Waals surface area contributed by atoms with Gasteiger partial charge in [0.15, 0.2) is 0 Å². The van der Waals surface area contributed by atoms with Gasteiger partial charge in [-0.25, -0.2) is 0 Å². The first-order valence-electron chi connectivity index (χ1n) is 5.04. The third-order valence-electron chi connectivity index (χ3n) is 2.28. The Balaban J connectivity index is 1.94. The van der Waals surface area contributed by atoms with Crippen LogP contribution in [0.5, 0.6) is 0 Å². The summed E-state index contributed by atoms with van der Waals surface area (Å²) in [6, 6.07) is 0. The molecule has 4 nitrogen and oxygen atoms in total. The number of rotatable bonds is 4. The SMILES string of the molecule is NCCCc1nnc(C2CCCO2)s1. The van der Waals surface area contributed by atoms with E-state index >= 15 is 0 Å². The maximum Gasteiger partial charge on any atom is 0.146 e. The highest BCUT2D eigenvalue weighted by molar-refractivity contribution is 7.11. The topological polar surface area (TPSA) is 61.0 Å². The lowest BCUT2D eigenvalue weighted by molar-refractivity contribution is 0.111. The molecule has 0 spiro atoms. The van der Waals surface area contributed by atoms with Crippen LogP contribution in [0.3, 0.4) is 0 Å². The molecule has 1 aromatic heterocycles. The molecule has 5 heteroatoms. The third-order valence-corrected chi connectivity index (χ3v) is 3.36. The van der Waals surface area contributed by atoms with Gasteiger partial charge in [-0.2, -0.15) is 0 Å². The van der Waals surface area contributed by atoms with E-state index in [0.717, 1.165) is 48.9 Å². The zero-order chi connectivity index (χ0) is 9.80. The molecular weight excluding hydrogens is 198 g/mol. The Labute approximate surface area is 87.5 Å². The van der Waals surface area contributed by atoms with Crippen LogP contribution in [0.1, 0.15) is 35.4 Å². The molecule has 2 rings (SSSR count). The van der Waals surface area contributed by atoms with Crippen molar-refractivity contribution < 1.29 is 4.74 Å². The second-order valence-electron chi connectivity index (χ2n) is 3.43. The van der Waals surface area contributed by atoms with E-state index in [1.54, 1.807) is 11.3 Å². The van der Waals surface area contributed by atoms with Crippen LogP contribution in [0, 0.1) is 0 Å². The van der Waals surface area contributed by atoms with Gasteiger partial charge in [0.05, 0.1) is 0 Å². The summed E-state index contributed by atoms with van der Waals surface area (Å²) < 4.78 is 5.54. The van der Waals surface area contributed by atoms with Crippen molar-refractivity contribution >= 4 is 11.3 Å². The Kier molecular flexibility index (Phi) is 3.44. The fourth-order valence-electron chi connectivity index (χ4n) is 1.52. The highest BCUT2D eigenvalue weighted by Gasteiger charge is 2.21. The molecule has 1 aliphatic rings. The van der Waals surface area contributed by atoms with Crippen LogP contribution in [0.2, 0.25) is 0 Å². The Morgan fingerprint density at radius 3 is 3.14 bits per heavy atom. The average molecular weight is 213 g/mol. The maximum absolute atomic E-state index is 5.54. The van der Waals surface area contributed by atoms with Gasteiger partial charge in [-0.15, -0.1) is 10.2 Å². The van der Waals surface area contributed by atoms with Gasteiger partial charge in [-0.1, -0.05) is 11.3 Å². The minimum Gasteiger partial charge on any atom is -0.371 e. The molecule has 1 fully saturated rings. The molecule has 1 aliphatic heterocycles. The van der Waals surface area contributed by atoms with E-state index in [2.05, 4.69) is 10.2 Å². The summed E-state index contributed by atoms with van der Waals surface area (Å²) in [5, 5.41) is 10.4. The van der Waals surface area contributed by atoms with E-state index in [1.165, 1.54) is 0 Å². The number of hydrogen-bond acceptors (Lipinski definition) is 5. The quantitative estimate of drug-likeness (QED) is 0.818. The van der Waals surface area contributed by atoms with Gasteiger partial charge < -0.3 is 10.5 Å². The van der Waals surface area contributed by atoms with Crippen LogP contribution in [-0.2, 0) is 11.2 Å². The average Bonchev–Trinajstić information content (AvgIpc) is 2.85. The van der Waals surface area contributed by atoms with Gasteiger partial charge in [-0.05, 0) is 25.8 Å². The molecule has 78 valence electrons. The van der Waals surface area contributed by atoms with Gasteiger partial charge in [0.1, 0.15) is 16.1 Å². The highest BCUT2D eigenvalue weighted by atomic mass is 32.1. The molecule has 1 atom stereocenters. The lowest BCUT2D eigenvalue weighted by Gasteiger charge is -2.01. The summed E-state index contributed by atoms with van der Waals surface area (Å²) >= 11 is 1.67. The summed E-state index contributed by atoms with van der Waals surface area (Å²) in [6.07, 6.45) is 4.37. The van der Waals surface area contributed by atoms with E-state index in [9.17, 15) is 0 Å². The van der Waals surface area contributed by atoms with Gasteiger partial charge in [-0.3, -0.25) is 0 Å². The molecule has 0 radical (unpaired) electrons. The number of aromatic nitrogens is 2. The number of ether oxygens (including phenoxy) is 1. The lowest BCUT2D eigenvalue weighted by atomic mass is 10.2. The van der Waals surface area contributed by atoms with Gasteiger partial charge >= 0.3 is 0 Å². The Bertz CT molecular complexity index is 283. The minimum absolute atomic E-state index is 0.208. The monoisotopic (exact) mass is 213 g/mol. The molecule has 1 unspecified atom stereocenters. The summed E-state index contributed by atoms with van der Waals surface area (Å²) in [7, 11) is 0. The molecule has 0 aromatic carbocycles. The molecule has 0 saturated carbocycles. The first-order valence-corrected chi connectivity index (χ1v) is 5.86. The molecule has 14 heavy (non-hydrogen) atoms. The molecule has 1 aromatic rings. The van der Waals surface area contributed by atoms with E-state index in [-0.39, 0.29) is 6.10 Å². The summed E-state index contributed by atoms with van der Waals surface area (Å²) in [5.74, 6) is 0. The molecule has 2 heterocycles. The second-order valence-corrected chi connectivity index (χ2v) is 4.52. The van der Waals surface area contributed by atoms with Crippen molar-refractivity contribution in [1.82, 2.24) is 10.2 Å². The Hall–Kier alpha value is -0.520. The van der Waals surface area contributed by atoms with Crippen LogP contribution < -0.4 is 5.73 Å². The summed E-state index contributed by atoms with van der Waals surface area (Å²) in [6.45, 7) is 1.58. The van der Waals surface area contributed by atoms with Crippen molar-refractivity contribution in [2.45, 2.75) is 31.8 Å². The molecule has 2 N–H and O–H groups in total.